The average molecular weight is 376 g/mol. The number of carbonyl (C=O) groups is 1. The Labute approximate surface area is 159 Å². The van der Waals surface area contributed by atoms with E-state index in [-0.39, 0.29) is 18.2 Å². The van der Waals surface area contributed by atoms with E-state index < -0.39 is 18.9 Å². The minimum absolute atomic E-state index is 0.0561. The normalized spacial score (nSPS) is 14.0. The zero-order chi connectivity index (χ0) is 21.0. The Morgan fingerprint density at radius 3 is 2.69 bits per heavy atom. The van der Waals surface area contributed by atoms with Gasteiger partial charge in [0, 0.05) is 9.13 Å². The second kappa shape index (κ2) is 8.01. The molecule has 0 radical (unpaired) electrons. The first-order valence-electron chi connectivity index (χ1n) is 9.30. The third-order valence-electron chi connectivity index (χ3n) is 3.28. The summed E-state index contributed by atoms with van der Waals surface area (Å²) in [6.45, 7) is -1.02. The van der Waals surface area contributed by atoms with Gasteiger partial charge in [-0.2, -0.15) is 0 Å². The Balaban J connectivity index is 1.72. The summed E-state index contributed by atoms with van der Waals surface area (Å²) in [5, 5.41) is 0.564. The lowest BCUT2D eigenvalue weighted by Crippen LogP contribution is -2.25. The van der Waals surface area contributed by atoms with Gasteiger partial charge in [-0.05, 0) is 56.2 Å². The summed E-state index contributed by atoms with van der Waals surface area (Å²) >= 11 is 5.93. The molecule has 7 heteroatoms. The molecule has 0 amide bonds. The number of fused-ring (bicyclic) bond motifs is 1. The van der Waals surface area contributed by atoms with Crippen LogP contribution in [0.5, 0.6) is 17.4 Å². The predicted molar refractivity (Wildman–Crippen MR) is 97.8 cm³/mol. The first kappa shape index (κ1) is 14.3. The molecule has 2 aromatic carbocycles. The summed E-state index contributed by atoms with van der Waals surface area (Å²) in [6.07, 6.45) is -0.249. The van der Waals surface area contributed by atoms with E-state index in [1.54, 1.807) is 37.3 Å². The van der Waals surface area contributed by atoms with Crippen molar-refractivity contribution in [2.45, 2.75) is 19.9 Å². The Hall–Kier alpha value is -2.86. The van der Waals surface area contributed by atoms with Crippen LogP contribution in [0.25, 0.3) is 11.0 Å². The number of rotatable bonds is 6. The third kappa shape index (κ3) is 4.40. The smallest absolute Gasteiger partial charge is 0.347 e. The summed E-state index contributed by atoms with van der Waals surface area (Å²) in [5.74, 6) is -0.0490. The van der Waals surface area contributed by atoms with Crippen molar-refractivity contribution in [2.75, 3.05) is 6.61 Å². The van der Waals surface area contributed by atoms with Crippen LogP contribution in [0.3, 0.4) is 0 Å². The largest absolute Gasteiger partial charge is 0.479 e. The van der Waals surface area contributed by atoms with Gasteiger partial charge in [0.15, 0.2) is 6.10 Å². The van der Waals surface area contributed by atoms with Crippen LogP contribution in [0.1, 0.15) is 17.9 Å². The lowest BCUT2D eigenvalue weighted by atomic mass is 10.3. The molecule has 134 valence electrons. The molecule has 26 heavy (non-hydrogen) atoms. The van der Waals surface area contributed by atoms with E-state index in [1.165, 1.54) is 18.3 Å². The van der Waals surface area contributed by atoms with Crippen molar-refractivity contribution in [1.82, 2.24) is 9.97 Å². The van der Waals surface area contributed by atoms with Crippen molar-refractivity contribution in [2.24, 2.45) is 0 Å². The van der Waals surface area contributed by atoms with Gasteiger partial charge in [-0.15, -0.1) is 0 Å². The molecule has 0 saturated heterocycles. The average Bonchev–Trinajstić information content (AvgIpc) is 2.66. The molecule has 1 aromatic heterocycles. The lowest BCUT2D eigenvalue weighted by molar-refractivity contribution is -0.150. The van der Waals surface area contributed by atoms with E-state index in [0.717, 1.165) is 0 Å². The number of benzene rings is 2. The summed E-state index contributed by atoms with van der Waals surface area (Å²) in [6, 6.07) is 11.2. The number of esters is 1. The summed E-state index contributed by atoms with van der Waals surface area (Å²) in [5.41, 5.74) is 1.27. The Kier molecular flexibility index (Phi) is 4.41. The van der Waals surface area contributed by atoms with Gasteiger partial charge in [-0.3, -0.25) is 0 Å². The quantitative estimate of drug-likeness (QED) is 0.594. The highest BCUT2D eigenvalue weighted by molar-refractivity contribution is 6.31. The maximum Gasteiger partial charge on any atom is 0.347 e. The van der Waals surface area contributed by atoms with Gasteiger partial charge in [-0.25, -0.2) is 14.8 Å². The molecule has 0 N–H and O–H groups in total. The minimum atomic E-state index is -2.66. The number of ether oxygens (including phenoxy) is 3. The molecule has 3 rings (SSSR count). The predicted octanol–water partition coefficient (Wildman–Crippen LogP) is 4.41. The highest BCUT2D eigenvalue weighted by Gasteiger charge is 2.15. The van der Waals surface area contributed by atoms with Gasteiger partial charge in [0.25, 0.3) is 0 Å². The van der Waals surface area contributed by atoms with Crippen molar-refractivity contribution in [3.63, 3.8) is 0 Å². The van der Waals surface area contributed by atoms with Crippen LogP contribution in [-0.4, -0.2) is 28.6 Å². The van der Waals surface area contributed by atoms with Crippen molar-refractivity contribution >= 4 is 28.6 Å². The second-order valence-electron chi connectivity index (χ2n) is 5.16. The van der Waals surface area contributed by atoms with Gasteiger partial charge in [0.05, 0.1) is 23.8 Å². The van der Waals surface area contributed by atoms with Crippen LogP contribution in [0.15, 0.2) is 48.7 Å². The molecule has 0 spiro atoms. The maximum atomic E-state index is 11.9. The highest BCUT2D eigenvalue weighted by atomic mass is 35.5. The fourth-order valence-electron chi connectivity index (χ4n) is 2.13. The molecule has 1 unspecified atom stereocenters. The van der Waals surface area contributed by atoms with Crippen LogP contribution >= 0.6 is 11.6 Å². The Bertz CT molecular complexity index is 1010. The maximum absolute atomic E-state index is 11.9. The van der Waals surface area contributed by atoms with E-state index in [0.29, 0.717) is 21.8 Å². The molecule has 0 aliphatic heterocycles. The van der Waals surface area contributed by atoms with Crippen molar-refractivity contribution < 1.29 is 23.1 Å². The van der Waals surface area contributed by atoms with Crippen molar-refractivity contribution in [3.8, 4) is 17.4 Å². The van der Waals surface area contributed by atoms with Crippen LogP contribution in [-0.2, 0) is 9.53 Å². The first-order chi connectivity index (χ1) is 13.8. The van der Waals surface area contributed by atoms with Gasteiger partial charge < -0.3 is 14.2 Å². The van der Waals surface area contributed by atoms with Crippen molar-refractivity contribution in [3.05, 3.63) is 53.7 Å². The topological polar surface area (TPSA) is 70.5 Å². The molecule has 0 aliphatic rings. The molecule has 0 fully saturated rings. The molecule has 6 nitrogen and oxygen atoms in total. The zero-order valence-corrected chi connectivity index (χ0v) is 14.6. The van der Waals surface area contributed by atoms with Gasteiger partial charge in [0.2, 0.25) is 5.88 Å². The summed E-state index contributed by atoms with van der Waals surface area (Å²) < 4.78 is 38.2. The molecule has 0 saturated carbocycles. The van der Waals surface area contributed by atoms with E-state index in [4.69, 9.17) is 29.9 Å². The molecular weight excluding hydrogens is 356 g/mol. The fraction of sp³-hybridized carbons (Fsp3) is 0.211. The molecule has 0 bridgehead atoms. The lowest BCUT2D eigenvalue weighted by Gasteiger charge is -2.13. The van der Waals surface area contributed by atoms with Crippen molar-refractivity contribution in [1.29, 1.82) is 0 Å². The van der Waals surface area contributed by atoms with Gasteiger partial charge in [0.1, 0.15) is 11.5 Å². The van der Waals surface area contributed by atoms with E-state index in [1.807, 2.05) is 0 Å². The van der Waals surface area contributed by atoms with Crippen LogP contribution in [0.2, 0.25) is 5.02 Å². The van der Waals surface area contributed by atoms with E-state index >= 15 is 0 Å². The van der Waals surface area contributed by atoms with Crippen LogP contribution in [0.4, 0.5) is 0 Å². The van der Waals surface area contributed by atoms with Gasteiger partial charge in [-0.1, -0.05) is 11.6 Å². The Morgan fingerprint density at radius 2 is 1.96 bits per heavy atom. The van der Waals surface area contributed by atoms with E-state index in [2.05, 4.69) is 9.97 Å². The number of carbonyl (C=O) groups excluding carboxylic acids is 1. The molecule has 1 atom stereocenters. The summed E-state index contributed by atoms with van der Waals surface area (Å²) in [7, 11) is 0. The highest BCUT2D eigenvalue weighted by Crippen LogP contribution is 2.24. The molecular formula is C19H17ClN2O4. The van der Waals surface area contributed by atoms with E-state index in [9.17, 15) is 4.79 Å². The second-order valence-corrected chi connectivity index (χ2v) is 5.60. The standard InChI is InChI=1S/C19H17ClN2O4/c1-3-24-19(23)12(2)25-14-5-7-15(8-6-14)26-18-11-21-17-10-13(20)4-9-16(17)22-18/h4-12H,3H2,1-2H3/i2D3. The minimum Gasteiger partial charge on any atom is -0.479 e. The molecule has 1 heterocycles. The van der Waals surface area contributed by atoms with Crippen LogP contribution in [0, 0.1) is 0 Å². The Morgan fingerprint density at radius 1 is 1.19 bits per heavy atom. The fourth-order valence-corrected chi connectivity index (χ4v) is 2.29. The summed E-state index contributed by atoms with van der Waals surface area (Å²) in [4.78, 5) is 20.5. The first-order valence-corrected chi connectivity index (χ1v) is 8.17. The SMILES string of the molecule is [2H]C([2H])([2H])C(Oc1ccc(Oc2cnc3cc(Cl)ccc3n2)cc1)C(=O)OCC. The number of hydrogen-bond donors (Lipinski definition) is 0. The number of nitrogens with zero attached hydrogens (tertiary/aromatic N) is 2. The monoisotopic (exact) mass is 375 g/mol. The van der Waals surface area contributed by atoms with Crippen LogP contribution < -0.4 is 9.47 Å². The molecule has 0 aliphatic carbocycles. The number of halogens is 1. The van der Waals surface area contributed by atoms with Gasteiger partial charge >= 0.3 is 5.97 Å². The number of hydrogen-bond acceptors (Lipinski definition) is 6. The molecule has 3 aromatic rings. The third-order valence-corrected chi connectivity index (χ3v) is 3.52. The number of aromatic nitrogens is 2. The zero-order valence-electron chi connectivity index (χ0n) is 16.8.